The predicted molar refractivity (Wildman–Crippen MR) is 74.5 cm³/mol. The van der Waals surface area contributed by atoms with Crippen molar-refractivity contribution in [3.8, 4) is 0 Å². The zero-order valence-corrected chi connectivity index (χ0v) is 13.1. The highest BCUT2D eigenvalue weighted by atomic mass is 28.4. The van der Waals surface area contributed by atoms with Gasteiger partial charge in [0.05, 0.1) is 0 Å². The van der Waals surface area contributed by atoms with Gasteiger partial charge in [0.25, 0.3) is 0 Å². The Bertz CT molecular complexity index is 411. The van der Waals surface area contributed by atoms with Crippen LogP contribution in [-0.2, 0) is 13.3 Å². The van der Waals surface area contributed by atoms with Crippen LogP contribution in [0.4, 0.5) is 0 Å². The molecule has 0 aromatic rings. The first kappa shape index (κ1) is 12.6. The Labute approximate surface area is 116 Å². The van der Waals surface area contributed by atoms with Crippen molar-refractivity contribution in [1.29, 1.82) is 0 Å². The minimum atomic E-state index is -2.46. The maximum atomic E-state index is 5.79. The van der Waals surface area contributed by atoms with Crippen molar-refractivity contribution in [1.82, 2.24) is 0 Å². The van der Waals surface area contributed by atoms with Gasteiger partial charge in [-0.1, -0.05) is 12.2 Å². The molecule has 3 fully saturated rings. The molecule has 4 aliphatic rings. The third-order valence-electron chi connectivity index (χ3n) is 6.75. The van der Waals surface area contributed by atoms with Gasteiger partial charge in [-0.2, -0.15) is 0 Å². The summed E-state index contributed by atoms with van der Waals surface area (Å²) in [5.41, 5.74) is 1.12. The van der Waals surface area contributed by atoms with Crippen molar-refractivity contribution >= 4 is 8.80 Å². The molecule has 3 saturated carbocycles. The van der Waals surface area contributed by atoms with E-state index in [-0.39, 0.29) is 0 Å². The second kappa shape index (κ2) is 3.94. The summed E-state index contributed by atoms with van der Waals surface area (Å²) in [5.74, 6) is 3.44. The van der Waals surface area contributed by atoms with E-state index in [1.165, 1.54) is 25.7 Å². The van der Waals surface area contributed by atoms with Gasteiger partial charge in [0, 0.05) is 26.9 Å². The van der Waals surface area contributed by atoms with Crippen LogP contribution in [0, 0.1) is 29.1 Å². The van der Waals surface area contributed by atoms with Crippen LogP contribution < -0.4 is 0 Å². The molecule has 0 amide bonds. The molecule has 4 aliphatic carbocycles. The summed E-state index contributed by atoms with van der Waals surface area (Å²) in [7, 11) is 2.85. The van der Waals surface area contributed by atoms with Crippen molar-refractivity contribution in [3.05, 3.63) is 12.2 Å². The normalized spacial score (nSPS) is 50.2. The summed E-state index contributed by atoms with van der Waals surface area (Å²) in [6.45, 7) is 0. The SMILES string of the molecule is CO[Si](OC)(OC)C1CC23CC4C=CCC2C4C1C3. The second-order valence-corrected chi connectivity index (χ2v) is 10.1. The molecule has 4 heteroatoms. The molecule has 0 saturated heterocycles. The van der Waals surface area contributed by atoms with E-state index in [2.05, 4.69) is 12.2 Å². The smallest absolute Gasteiger partial charge is 0.377 e. The summed E-state index contributed by atoms with van der Waals surface area (Å²) in [6, 6.07) is 0. The predicted octanol–water partition coefficient (Wildman–Crippen LogP) is 2.86. The summed E-state index contributed by atoms with van der Waals surface area (Å²) < 4.78 is 17.4. The van der Waals surface area contributed by atoms with E-state index in [1.807, 2.05) is 0 Å². The van der Waals surface area contributed by atoms with Crippen LogP contribution in [0.3, 0.4) is 0 Å². The van der Waals surface area contributed by atoms with Crippen molar-refractivity contribution in [2.24, 2.45) is 29.1 Å². The molecule has 0 N–H and O–H groups in total. The number of hydrogen-bond acceptors (Lipinski definition) is 3. The lowest BCUT2D eigenvalue weighted by molar-refractivity contribution is 0.0835. The van der Waals surface area contributed by atoms with Crippen LogP contribution >= 0.6 is 0 Å². The molecule has 106 valence electrons. The van der Waals surface area contributed by atoms with Gasteiger partial charge in [-0.3, -0.25) is 0 Å². The number of fused-ring (bicyclic) bond motifs is 1. The van der Waals surface area contributed by atoms with E-state index in [0.717, 1.165) is 23.7 Å². The van der Waals surface area contributed by atoms with E-state index >= 15 is 0 Å². The largest absolute Gasteiger partial charge is 0.503 e. The quantitative estimate of drug-likeness (QED) is 0.585. The van der Waals surface area contributed by atoms with Gasteiger partial charge >= 0.3 is 8.80 Å². The van der Waals surface area contributed by atoms with E-state index in [0.29, 0.717) is 11.0 Å². The van der Waals surface area contributed by atoms with Gasteiger partial charge in [0.15, 0.2) is 0 Å². The van der Waals surface area contributed by atoms with E-state index in [1.54, 1.807) is 21.3 Å². The Morgan fingerprint density at radius 3 is 2.47 bits per heavy atom. The summed E-state index contributed by atoms with van der Waals surface area (Å²) in [5, 5.41) is 0. The van der Waals surface area contributed by atoms with E-state index in [9.17, 15) is 0 Å². The highest BCUT2D eigenvalue weighted by Gasteiger charge is 2.73. The van der Waals surface area contributed by atoms with Crippen molar-refractivity contribution in [2.75, 3.05) is 21.3 Å². The Balaban J connectivity index is 1.69. The van der Waals surface area contributed by atoms with Crippen molar-refractivity contribution in [3.63, 3.8) is 0 Å². The minimum Gasteiger partial charge on any atom is -0.377 e. The highest BCUT2D eigenvalue weighted by molar-refractivity contribution is 6.62. The topological polar surface area (TPSA) is 27.7 Å². The maximum Gasteiger partial charge on any atom is 0.503 e. The van der Waals surface area contributed by atoms with Crippen LogP contribution in [0.2, 0.25) is 5.54 Å². The van der Waals surface area contributed by atoms with Gasteiger partial charge in [-0.15, -0.1) is 0 Å². The van der Waals surface area contributed by atoms with E-state index in [4.69, 9.17) is 13.3 Å². The minimum absolute atomic E-state index is 0.533. The first-order valence-electron chi connectivity index (χ1n) is 7.52. The lowest BCUT2D eigenvalue weighted by atomic mass is 9.73. The molecular weight excluding hydrogens is 256 g/mol. The molecule has 5 bridgehead atoms. The molecule has 0 aliphatic heterocycles. The monoisotopic (exact) mass is 280 g/mol. The van der Waals surface area contributed by atoms with Crippen LogP contribution in [-0.4, -0.2) is 30.1 Å². The fourth-order valence-corrected chi connectivity index (χ4v) is 9.26. The summed E-state index contributed by atoms with van der Waals surface area (Å²) in [6.07, 6.45) is 10.3. The lowest BCUT2D eigenvalue weighted by Crippen LogP contribution is -2.51. The maximum absolute atomic E-state index is 5.79. The van der Waals surface area contributed by atoms with Crippen molar-refractivity contribution < 1.29 is 13.3 Å². The molecule has 19 heavy (non-hydrogen) atoms. The standard InChI is InChI=1S/C15H24O3Si/c1-16-19(17-2,18-3)13-9-15-7-10-5-4-6-12(15)14(10)11(13)8-15/h4-5,10-14H,6-9H2,1-3H3. The van der Waals surface area contributed by atoms with Crippen LogP contribution in [0.15, 0.2) is 12.2 Å². The number of allylic oxidation sites excluding steroid dienone is 2. The zero-order valence-electron chi connectivity index (χ0n) is 12.1. The highest BCUT2D eigenvalue weighted by Crippen LogP contribution is 2.77. The summed E-state index contributed by atoms with van der Waals surface area (Å²) in [4.78, 5) is 0. The van der Waals surface area contributed by atoms with Gasteiger partial charge in [-0.25, -0.2) is 0 Å². The Kier molecular flexibility index (Phi) is 2.60. The molecule has 6 unspecified atom stereocenters. The second-order valence-electron chi connectivity index (χ2n) is 6.97. The third-order valence-corrected chi connectivity index (χ3v) is 10.00. The van der Waals surface area contributed by atoms with Crippen LogP contribution in [0.1, 0.15) is 25.7 Å². The van der Waals surface area contributed by atoms with Crippen LogP contribution in [0.5, 0.6) is 0 Å². The van der Waals surface area contributed by atoms with Crippen LogP contribution in [0.25, 0.3) is 0 Å². The zero-order chi connectivity index (χ0) is 13.3. The molecule has 6 atom stereocenters. The number of hydrogen-bond donors (Lipinski definition) is 0. The van der Waals surface area contributed by atoms with Gasteiger partial charge in [0.1, 0.15) is 0 Å². The Morgan fingerprint density at radius 2 is 1.79 bits per heavy atom. The molecule has 1 spiro atoms. The Morgan fingerprint density at radius 1 is 1.05 bits per heavy atom. The Hall–Kier alpha value is -0.163. The molecule has 0 aromatic heterocycles. The van der Waals surface area contributed by atoms with E-state index < -0.39 is 8.80 Å². The lowest BCUT2D eigenvalue weighted by Gasteiger charge is -2.41. The average molecular weight is 280 g/mol. The summed E-state index contributed by atoms with van der Waals surface area (Å²) >= 11 is 0. The fourth-order valence-electron chi connectivity index (χ4n) is 6.33. The first-order chi connectivity index (χ1) is 9.19. The fraction of sp³-hybridized carbons (Fsp3) is 0.867. The molecule has 0 aromatic carbocycles. The van der Waals surface area contributed by atoms with Gasteiger partial charge < -0.3 is 13.3 Å². The van der Waals surface area contributed by atoms with Gasteiger partial charge in [-0.05, 0) is 54.8 Å². The molecule has 0 heterocycles. The molecule has 0 radical (unpaired) electrons. The first-order valence-corrected chi connectivity index (χ1v) is 9.32. The molecular formula is C15H24O3Si. The molecule has 4 rings (SSSR count). The number of rotatable bonds is 4. The van der Waals surface area contributed by atoms with Gasteiger partial charge in [0.2, 0.25) is 0 Å². The third kappa shape index (κ3) is 1.34. The van der Waals surface area contributed by atoms with Crippen molar-refractivity contribution in [2.45, 2.75) is 31.2 Å². The average Bonchev–Trinajstić information content (AvgIpc) is 2.98. The molecule has 3 nitrogen and oxygen atoms in total.